The van der Waals surface area contributed by atoms with Crippen molar-refractivity contribution in [2.75, 3.05) is 19.0 Å². The molecule has 0 spiro atoms. The lowest BCUT2D eigenvalue weighted by Gasteiger charge is -2.14. The molecular formula is C15H15BrClN3O. The van der Waals surface area contributed by atoms with Gasteiger partial charge in [0.25, 0.3) is 5.91 Å². The molecule has 1 aromatic heterocycles. The van der Waals surface area contributed by atoms with Gasteiger partial charge < -0.3 is 10.2 Å². The molecule has 1 N–H and O–H groups in total. The van der Waals surface area contributed by atoms with Gasteiger partial charge in [0, 0.05) is 37.0 Å². The monoisotopic (exact) mass is 367 g/mol. The van der Waals surface area contributed by atoms with Gasteiger partial charge in [-0.25, -0.2) is 4.98 Å². The Bertz CT molecular complexity index is 661. The maximum absolute atomic E-state index is 12.1. The molecule has 0 saturated carbocycles. The SMILES string of the molecule is CN(C)c1cccc(CNC(=O)c2cc(Br)cnc2Cl)c1. The number of pyridine rings is 1. The van der Waals surface area contributed by atoms with E-state index in [4.69, 9.17) is 11.6 Å². The van der Waals surface area contributed by atoms with Crippen LogP contribution in [0.25, 0.3) is 0 Å². The van der Waals surface area contributed by atoms with Crippen LogP contribution < -0.4 is 10.2 Å². The second-order valence-corrected chi connectivity index (χ2v) is 6.01. The standard InChI is InChI=1S/C15H15BrClN3O/c1-20(2)12-5-3-4-10(6-12)8-19-15(21)13-7-11(16)9-18-14(13)17/h3-7,9H,8H2,1-2H3,(H,19,21). The van der Waals surface area contributed by atoms with Crippen LogP contribution in [0.3, 0.4) is 0 Å². The van der Waals surface area contributed by atoms with Crippen LogP contribution >= 0.6 is 27.5 Å². The van der Waals surface area contributed by atoms with Gasteiger partial charge in [0.2, 0.25) is 0 Å². The van der Waals surface area contributed by atoms with Crippen LogP contribution in [0.15, 0.2) is 41.0 Å². The molecular weight excluding hydrogens is 354 g/mol. The smallest absolute Gasteiger partial charge is 0.254 e. The lowest BCUT2D eigenvalue weighted by atomic mass is 10.2. The van der Waals surface area contributed by atoms with Crippen LogP contribution in [-0.2, 0) is 6.54 Å². The highest BCUT2D eigenvalue weighted by Gasteiger charge is 2.11. The summed E-state index contributed by atoms with van der Waals surface area (Å²) in [5, 5.41) is 3.04. The molecule has 0 aliphatic heterocycles. The van der Waals surface area contributed by atoms with Crippen molar-refractivity contribution in [1.29, 1.82) is 0 Å². The summed E-state index contributed by atoms with van der Waals surface area (Å²) in [7, 11) is 3.95. The van der Waals surface area contributed by atoms with E-state index in [1.165, 1.54) is 0 Å². The van der Waals surface area contributed by atoms with Crippen LogP contribution in [0.2, 0.25) is 5.15 Å². The topological polar surface area (TPSA) is 45.2 Å². The minimum absolute atomic E-state index is 0.192. The molecule has 0 bridgehead atoms. The van der Waals surface area contributed by atoms with E-state index in [-0.39, 0.29) is 11.1 Å². The number of halogens is 2. The highest BCUT2D eigenvalue weighted by Crippen LogP contribution is 2.18. The third-order valence-electron chi connectivity index (χ3n) is 2.93. The third-order valence-corrected chi connectivity index (χ3v) is 3.67. The second-order valence-electron chi connectivity index (χ2n) is 4.74. The Hall–Kier alpha value is -1.59. The summed E-state index contributed by atoms with van der Waals surface area (Å²) in [6, 6.07) is 9.63. The van der Waals surface area contributed by atoms with Crippen molar-refractivity contribution in [3.8, 4) is 0 Å². The Labute approximate surface area is 137 Å². The zero-order chi connectivity index (χ0) is 15.4. The Kier molecular flexibility index (Phi) is 5.20. The summed E-state index contributed by atoms with van der Waals surface area (Å²) >= 11 is 9.22. The molecule has 1 amide bonds. The summed E-state index contributed by atoms with van der Waals surface area (Å²) in [6.07, 6.45) is 1.56. The molecule has 0 radical (unpaired) electrons. The van der Waals surface area contributed by atoms with Crippen molar-refractivity contribution in [3.63, 3.8) is 0 Å². The fraction of sp³-hybridized carbons (Fsp3) is 0.200. The number of carbonyl (C=O) groups excluding carboxylic acids is 1. The molecule has 0 aliphatic rings. The Morgan fingerprint density at radius 2 is 2.14 bits per heavy atom. The van der Waals surface area contributed by atoms with Gasteiger partial charge in [-0.3, -0.25) is 4.79 Å². The minimum Gasteiger partial charge on any atom is -0.378 e. The first kappa shape index (κ1) is 15.8. The molecule has 0 fully saturated rings. The van der Waals surface area contributed by atoms with E-state index in [0.29, 0.717) is 16.6 Å². The number of hydrogen-bond donors (Lipinski definition) is 1. The zero-order valence-electron chi connectivity index (χ0n) is 11.7. The number of hydrogen-bond acceptors (Lipinski definition) is 3. The van der Waals surface area contributed by atoms with E-state index < -0.39 is 0 Å². The van der Waals surface area contributed by atoms with Gasteiger partial charge in [-0.2, -0.15) is 0 Å². The van der Waals surface area contributed by atoms with E-state index in [1.54, 1.807) is 12.3 Å². The Morgan fingerprint density at radius 1 is 1.38 bits per heavy atom. The summed E-state index contributed by atoms with van der Waals surface area (Å²) < 4.78 is 0.714. The van der Waals surface area contributed by atoms with Crippen molar-refractivity contribution < 1.29 is 4.79 Å². The average Bonchev–Trinajstić information content (AvgIpc) is 2.47. The molecule has 0 atom stereocenters. The molecule has 6 heteroatoms. The second kappa shape index (κ2) is 6.91. The number of rotatable bonds is 4. The van der Waals surface area contributed by atoms with Gasteiger partial charge in [-0.05, 0) is 39.7 Å². The number of aromatic nitrogens is 1. The number of benzene rings is 1. The van der Waals surface area contributed by atoms with E-state index in [9.17, 15) is 4.79 Å². The van der Waals surface area contributed by atoms with Crippen LogP contribution in [0.1, 0.15) is 15.9 Å². The highest BCUT2D eigenvalue weighted by atomic mass is 79.9. The van der Waals surface area contributed by atoms with Gasteiger partial charge in [0.15, 0.2) is 0 Å². The molecule has 2 rings (SSSR count). The third kappa shape index (κ3) is 4.19. The maximum atomic E-state index is 12.1. The number of amides is 1. The predicted molar refractivity (Wildman–Crippen MR) is 88.9 cm³/mol. The number of carbonyl (C=O) groups is 1. The summed E-state index contributed by atoms with van der Waals surface area (Å²) in [4.78, 5) is 18.1. The Morgan fingerprint density at radius 3 is 2.86 bits per heavy atom. The molecule has 0 aliphatic carbocycles. The fourth-order valence-electron chi connectivity index (χ4n) is 1.80. The van der Waals surface area contributed by atoms with Gasteiger partial charge >= 0.3 is 0 Å². The maximum Gasteiger partial charge on any atom is 0.254 e. The van der Waals surface area contributed by atoms with Crippen LogP contribution in [0.5, 0.6) is 0 Å². The lowest BCUT2D eigenvalue weighted by molar-refractivity contribution is 0.0950. The van der Waals surface area contributed by atoms with Gasteiger partial charge in [-0.1, -0.05) is 23.7 Å². The van der Waals surface area contributed by atoms with Crippen molar-refractivity contribution in [1.82, 2.24) is 10.3 Å². The summed E-state index contributed by atoms with van der Waals surface area (Å²) in [5.41, 5.74) is 2.47. The van der Waals surface area contributed by atoms with Crippen molar-refractivity contribution in [2.24, 2.45) is 0 Å². The summed E-state index contributed by atoms with van der Waals surface area (Å²) in [5.74, 6) is -0.246. The highest BCUT2D eigenvalue weighted by molar-refractivity contribution is 9.10. The molecule has 4 nitrogen and oxygen atoms in total. The molecule has 1 aromatic carbocycles. The van der Waals surface area contributed by atoms with Crippen LogP contribution in [-0.4, -0.2) is 25.0 Å². The first-order valence-corrected chi connectivity index (χ1v) is 7.50. The van der Waals surface area contributed by atoms with Gasteiger partial charge in [0.1, 0.15) is 5.15 Å². The molecule has 0 unspecified atom stereocenters. The Balaban J connectivity index is 2.07. The number of nitrogens with one attached hydrogen (secondary N) is 1. The van der Waals surface area contributed by atoms with Crippen LogP contribution in [0, 0.1) is 0 Å². The van der Waals surface area contributed by atoms with E-state index in [0.717, 1.165) is 11.3 Å². The van der Waals surface area contributed by atoms with Crippen molar-refractivity contribution in [3.05, 3.63) is 57.3 Å². The predicted octanol–water partition coefficient (Wildman–Crippen LogP) is 3.49. The van der Waals surface area contributed by atoms with Crippen molar-refractivity contribution >= 4 is 39.1 Å². The van der Waals surface area contributed by atoms with E-state index >= 15 is 0 Å². The average molecular weight is 369 g/mol. The molecule has 2 aromatic rings. The number of anilines is 1. The van der Waals surface area contributed by atoms with Gasteiger partial charge in [-0.15, -0.1) is 0 Å². The normalized spacial score (nSPS) is 10.3. The molecule has 0 saturated heterocycles. The minimum atomic E-state index is -0.246. The van der Waals surface area contributed by atoms with Crippen LogP contribution in [0.4, 0.5) is 5.69 Å². The summed E-state index contributed by atoms with van der Waals surface area (Å²) in [6.45, 7) is 0.434. The molecule has 110 valence electrons. The van der Waals surface area contributed by atoms with E-state index in [2.05, 4.69) is 26.2 Å². The first-order valence-electron chi connectivity index (χ1n) is 6.33. The lowest BCUT2D eigenvalue weighted by Crippen LogP contribution is -2.23. The zero-order valence-corrected chi connectivity index (χ0v) is 14.1. The van der Waals surface area contributed by atoms with Crippen molar-refractivity contribution in [2.45, 2.75) is 6.54 Å². The molecule has 1 heterocycles. The fourth-order valence-corrected chi connectivity index (χ4v) is 2.32. The quantitative estimate of drug-likeness (QED) is 0.840. The van der Waals surface area contributed by atoms with Gasteiger partial charge in [0.05, 0.1) is 5.56 Å². The molecule has 21 heavy (non-hydrogen) atoms. The largest absolute Gasteiger partial charge is 0.378 e. The first-order chi connectivity index (χ1) is 9.97. The van der Waals surface area contributed by atoms with E-state index in [1.807, 2.05) is 43.3 Å². The number of nitrogens with zero attached hydrogens (tertiary/aromatic N) is 2.